The van der Waals surface area contributed by atoms with Crippen LogP contribution in [0, 0.1) is 0 Å². The van der Waals surface area contributed by atoms with Crippen molar-refractivity contribution in [1.82, 2.24) is 10.2 Å². The smallest absolute Gasteiger partial charge is 0.319 e. The molecule has 2 aromatic rings. The molecule has 0 bridgehead atoms. The van der Waals surface area contributed by atoms with Gasteiger partial charge in [0.05, 0.1) is 0 Å². The third-order valence-electron chi connectivity index (χ3n) is 2.93. The van der Waals surface area contributed by atoms with E-state index in [0.29, 0.717) is 5.75 Å². The van der Waals surface area contributed by atoms with E-state index in [9.17, 15) is 4.79 Å². The number of urea groups is 1. The number of hydrogen-bond donors (Lipinski definition) is 1. The van der Waals surface area contributed by atoms with Gasteiger partial charge in [-0.3, -0.25) is 5.32 Å². The highest BCUT2D eigenvalue weighted by atomic mass is 35.6. The van der Waals surface area contributed by atoms with Crippen LogP contribution >= 0.6 is 34.8 Å². The minimum atomic E-state index is -1.81. The second-order valence-electron chi connectivity index (χ2n) is 4.89. The first-order valence-corrected chi connectivity index (χ1v) is 7.61. The van der Waals surface area contributed by atoms with Gasteiger partial charge in [0.15, 0.2) is 0 Å². The zero-order valence-electron chi connectivity index (χ0n) is 12.0. The molecule has 7 heteroatoms. The van der Waals surface area contributed by atoms with E-state index in [-0.39, 0.29) is 0 Å². The van der Waals surface area contributed by atoms with Crippen molar-refractivity contribution < 1.29 is 9.53 Å². The van der Waals surface area contributed by atoms with Crippen molar-refractivity contribution in [3.8, 4) is 5.75 Å². The van der Waals surface area contributed by atoms with Crippen LogP contribution in [0.15, 0.2) is 42.5 Å². The second kappa shape index (κ2) is 6.82. The van der Waals surface area contributed by atoms with Crippen molar-refractivity contribution in [3.63, 3.8) is 0 Å². The van der Waals surface area contributed by atoms with E-state index in [1.54, 1.807) is 20.2 Å². The Morgan fingerprint density at radius 1 is 1.14 bits per heavy atom. The molecule has 118 valence electrons. The minimum Gasteiger partial charge on any atom is -0.466 e. The largest absolute Gasteiger partial charge is 0.466 e. The molecule has 1 unspecified atom stereocenters. The Labute approximate surface area is 143 Å². The maximum atomic E-state index is 11.8. The first-order valence-electron chi connectivity index (χ1n) is 6.47. The molecule has 2 aromatic carbocycles. The highest BCUT2D eigenvalue weighted by Crippen LogP contribution is 2.32. The van der Waals surface area contributed by atoms with E-state index >= 15 is 0 Å². The summed E-state index contributed by atoms with van der Waals surface area (Å²) in [6, 6.07) is 12.9. The number of nitrogens with one attached hydrogen (secondary N) is 1. The first-order chi connectivity index (χ1) is 10.3. The summed E-state index contributed by atoms with van der Waals surface area (Å²) in [5.41, 5.74) is 0. The Kier molecular flexibility index (Phi) is 5.27. The molecular weight excluding hydrogens is 347 g/mol. The molecular formula is C15H15Cl3N2O2. The van der Waals surface area contributed by atoms with Crippen molar-refractivity contribution in [2.24, 2.45) is 0 Å². The van der Waals surface area contributed by atoms with Gasteiger partial charge < -0.3 is 9.64 Å². The van der Waals surface area contributed by atoms with E-state index in [4.69, 9.17) is 39.5 Å². The van der Waals surface area contributed by atoms with Crippen molar-refractivity contribution in [2.45, 2.75) is 10.0 Å². The lowest BCUT2D eigenvalue weighted by Gasteiger charge is -2.27. The fraction of sp³-hybridized carbons (Fsp3) is 0.267. The Hall–Kier alpha value is -1.36. The monoisotopic (exact) mass is 360 g/mol. The third-order valence-corrected chi connectivity index (χ3v) is 3.53. The summed E-state index contributed by atoms with van der Waals surface area (Å²) < 4.78 is 3.85. The number of carbonyl (C=O) groups is 1. The maximum absolute atomic E-state index is 11.8. The molecule has 22 heavy (non-hydrogen) atoms. The molecule has 1 atom stereocenters. The normalized spacial score (nSPS) is 12.8. The lowest BCUT2D eigenvalue weighted by atomic mass is 10.1. The number of carbonyl (C=O) groups excluding carboxylic acids is 1. The average Bonchev–Trinajstić information content (AvgIpc) is 2.45. The number of halogens is 3. The van der Waals surface area contributed by atoms with Gasteiger partial charge in [-0.1, -0.05) is 65.1 Å². The quantitative estimate of drug-likeness (QED) is 0.658. The number of nitrogens with zero attached hydrogens (tertiary/aromatic N) is 1. The third kappa shape index (κ3) is 4.32. The van der Waals surface area contributed by atoms with Gasteiger partial charge in [-0.05, 0) is 22.9 Å². The standard InChI is InChI=1S/C15H15Cl3N2O2/c1-20(2)14(21)19-13(15(16,17)18)22-12-8-7-10-5-3-4-6-11(10)9-12/h3-9,13H,1-2H3,(H,19,21). The molecule has 0 aliphatic carbocycles. The highest BCUT2D eigenvalue weighted by molar-refractivity contribution is 6.68. The number of rotatable bonds is 3. The number of ether oxygens (including phenoxy) is 1. The van der Waals surface area contributed by atoms with Crippen LogP contribution in [0.3, 0.4) is 0 Å². The molecule has 0 saturated carbocycles. The molecule has 0 aromatic heterocycles. The summed E-state index contributed by atoms with van der Waals surface area (Å²) >= 11 is 17.7. The van der Waals surface area contributed by atoms with Crippen LogP contribution in [0.25, 0.3) is 10.8 Å². The van der Waals surface area contributed by atoms with Gasteiger partial charge >= 0.3 is 6.03 Å². The molecule has 0 radical (unpaired) electrons. The lowest BCUT2D eigenvalue weighted by Crippen LogP contribution is -2.50. The number of alkyl halides is 3. The summed E-state index contributed by atoms with van der Waals surface area (Å²) in [6.07, 6.45) is -1.12. The van der Waals surface area contributed by atoms with E-state index in [0.717, 1.165) is 10.8 Å². The van der Waals surface area contributed by atoms with E-state index < -0.39 is 16.1 Å². The topological polar surface area (TPSA) is 41.6 Å². The highest BCUT2D eigenvalue weighted by Gasteiger charge is 2.36. The van der Waals surface area contributed by atoms with Gasteiger partial charge in [0, 0.05) is 14.1 Å². The second-order valence-corrected chi connectivity index (χ2v) is 7.26. The van der Waals surface area contributed by atoms with Gasteiger partial charge in [-0.2, -0.15) is 0 Å². The van der Waals surface area contributed by atoms with Crippen LogP contribution in [0.5, 0.6) is 5.75 Å². The summed E-state index contributed by atoms with van der Waals surface area (Å²) in [6.45, 7) is 0. The van der Waals surface area contributed by atoms with Gasteiger partial charge in [0.25, 0.3) is 0 Å². The molecule has 0 aliphatic heterocycles. The van der Waals surface area contributed by atoms with Gasteiger partial charge in [-0.25, -0.2) is 4.79 Å². The Morgan fingerprint density at radius 3 is 2.36 bits per heavy atom. The number of amides is 2. The van der Waals surface area contributed by atoms with Crippen molar-refractivity contribution in [3.05, 3.63) is 42.5 Å². The van der Waals surface area contributed by atoms with Crippen molar-refractivity contribution in [2.75, 3.05) is 14.1 Å². The Balaban J connectivity index is 2.23. The van der Waals surface area contributed by atoms with Crippen LogP contribution in [0.4, 0.5) is 4.79 Å². The summed E-state index contributed by atoms with van der Waals surface area (Å²) in [4.78, 5) is 13.1. The van der Waals surface area contributed by atoms with Gasteiger partial charge in [0.1, 0.15) is 5.75 Å². The first kappa shape index (κ1) is 17.0. The molecule has 0 fully saturated rings. The summed E-state index contributed by atoms with van der Waals surface area (Å²) in [7, 11) is 3.17. The number of benzene rings is 2. The molecule has 2 rings (SSSR count). The lowest BCUT2D eigenvalue weighted by molar-refractivity contribution is 0.154. The number of hydrogen-bond acceptors (Lipinski definition) is 2. The molecule has 4 nitrogen and oxygen atoms in total. The molecule has 0 heterocycles. The summed E-state index contributed by atoms with van der Waals surface area (Å²) in [5, 5.41) is 4.58. The Morgan fingerprint density at radius 2 is 1.77 bits per heavy atom. The number of fused-ring (bicyclic) bond motifs is 1. The molecule has 0 aliphatic rings. The average molecular weight is 362 g/mol. The van der Waals surface area contributed by atoms with Gasteiger partial charge in [0.2, 0.25) is 10.0 Å². The van der Waals surface area contributed by atoms with Crippen molar-refractivity contribution in [1.29, 1.82) is 0 Å². The molecule has 0 spiro atoms. The molecule has 1 N–H and O–H groups in total. The van der Waals surface area contributed by atoms with Crippen molar-refractivity contribution >= 4 is 51.6 Å². The van der Waals surface area contributed by atoms with Gasteiger partial charge in [-0.15, -0.1) is 0 Å². The molecule has 2 amide bonds. The van der Waals surface area contributed by atoms with Crippen LogP contribution in [0.1, 0.15) is 0 Å². The predicted octanol–water partition coefficient (Wildman–Crippen LogP) is 4.19. The van der Waals surface area contributed by atoms with E-state index in [1.807, 2.05) is 36.4 Å². The minimum absolute atomic E-state index is 0.419. The summed E-state index contributed by atoms with van der Waals surface area (Å²) in [5.74, 6) is 0.495. The molecule has 0 saturated heterocycles. The van der Waals surface area contributed by atoms with Crippen LogP contribution in [-0.2, 0) is 0 Å². The van der Waals surface area contributed by atoms with Crippen LogP contribution in [0.2, 0.25) is 0 Å². The van der Waals surface area contributed by atoms with E-state index in [2.05, 4.69) is 5.32 Å². The zero-order chi connectivity index (χ0) is 16.3. The van der Waals surface area contributed by atoms with E-state index in [1.165, 1.54) is 4.90 Å². The SMILES string of the molecule is CN(C)C(=O)NC(Oc1ccc2ccccc2c1)C(Cl)(Cl)Cl. The fourth-order valence-electron chi connectivity index (χ4n) is 1.80. The predicted molar refractivity (Wildman–Crippen MR) is 90.9 cm³/mol. The fourth-order valence-corrected chi connectivity index (χ4v) is 2.09. The van der Waals surface area contributed by atoms with Crippen LogP contribution in [-0.4, -0.2) is 35.0 Å². The zero-order valence-corrected chi connectivity index (χ0v) is 14.3. The van der Waals surface area contributed by atoms with Crippen LogP contribution < -0.4 is 10.1 Å². The Bertz CT molecular complexity index is 671. The maximum Gasteiger partial charge on any atom is 0.319 e.